The third kappa shape index (κ3) is 4.05. The number of benzene rings is 1. The van der Waals surface area contributed by atoms with Crippen LogP contribution < -0.4 is 10.1 Å². The van der Waals surface area contributed by atoms with Crippen LogP contribution in [-0.4, -0.2) is 40.3 Å². The molecule has 2 aromatic heterocycles. The molecule has 0 radical (unpaired) electrons. The van der Waals surface area contributed by atoms with Crippen molar-refractivity contribution < 1.29 is 14.3 Å². The minimum Gasteiger partial charge on any atom is -0.480 e. The summed E-state index contributed by atoms with van der Waals surface area (Å²) in [5.74, 6) is 0.764. The number of carbonyl (C=O) groups excluding carboxylic acids is 2. The Morgan fingerprint density at radius 3 is 2.56 bits per heavy atom. The normalized spacial score (nSPS) is 15.9. The van der Waals surface area contributed by atoms with E-state index in [0.717, 1.165) is 35.0 Å². The maximum absolute atomic E-state index is 12.8. The van der Waals surface area contributed by atoms with E-state index in [9.17, 15) is 9.59 Å². The summed E-state index contributed by atoms with van der Waals surface area (Å²) in [6, 6.07) is 10.9. The number of fused-ring (bicyclic) bond motifs is 2. The second kappa shape index (κ2) is 9.09. The maximum Gasteiger partial charge on any atom is 0.261 e. The van der Waals surface area contributed by atoms with Crippen molar-refractivity contribution in [1.29, 1.82) is 0 Å². The summed E-state index contributed by atoms with van der Waals surface area (Å²) in [7, 11) is 1.60. The third-order valence-corrected chi connectivity index (χ3v) is 6.14. The number of allylic oxidation sites excluding steroid dienone is 3. The van der Waals surface area contributed by atoms with Crippen molar-refractivity contribution >= 4 is 28.4 Å². The van der Waals surface area contributed by atoms with Crippen molar-refractivity contribution in [3.63, 3.8) is 0 Å². The SMILES string of the molecule is COc1nccc2cc(CC(C)CN3C(=O)c4ccccc4C3=O)nc(NC3=CCCC=C3)c12. The monoisotopic (exact) mass is 454 g/mol. The Morgan fingerprint density at radius 1 is 1.12 bits per heavy atom. The van der Waals surface area contributed by atoms with Gasteiger partial charge in [0, 0.05) is 24.1 Å². The highest BCUT2D eigenvalue weighted by atomic mass is 16.5. The van der Waals surface area contributed by atoms with E-state index in [1.807, 2.05) is 19.1 Å². The summed E-state index contributed by atoms with van der Waals surface area (Å²) < 4.78 is 5.51. The van der Waals surface area contributed by atoms with Gasteiger partial charge in [-0.3, -0.25) is 14.5 Å². The molecule has 0 bridgehead atoms. The molecule has 0 spiro atoms. The predicted molar refractivity (Wildman–Crippen MR) is 131 cm³/mol. The number of hydrogen-bond donors (Lipinski definition) is 1. The van der Waals surface area contributed by atoms with Crippen molar-refractivity contribution in [2.75, 3.05) is 19.0 Å². The first kappa shape index (κ1) is 21.8. The van der Waals surface area contributed by atoms with E-state index in [4.69, 9.17) is 9.72 Å². The number of pyridine rings is 2. The highest BCUT2D eigenvalue weighted by molar-refractivity contribution is 6.21. The van der Waals surface area contributed by atoms with E-state index >= 15 is 0 Å². The molecule has 1 N–H and O–H groups in total. The molecule has 0 fully saturated rings. The molecule has 172 valence electrons. The Bertz CT molecular complexity index is 1310. The molecule has 34 heavy (non-hydrogen) atoms. The number of hydrogen-bond acceptors (Lipinski definition) is 6. The van der Waals surface area contributed by atoms with Gasteiger partial charge in [-0.25, -0.2) is 9.97 Å². The zero-order chi connectivity index (χ0) is 23.7. The largest absolute Gasteiger partial charge is 0.480 e. The smallest absolute Gasteiger partial charge is 0.261 e. The van der Waals surface area contributed by atoms with Crippen molar-refractivity contribution in [3.05, 3.63) is 83.3 Å². The van der Waals surface area contributed by atoms with E-state index in [2.05, 4.69) is 28.5 Å². The number of amides is 2. The number of anilines is 1. The minimum absolute atomic E-state index is 0.0255. The number of nitrogens with one attached hydrogen (secondary N) is 1. The van der Waals surface area contributed by atoms with Gasteiger partial charge < -0.3 is 10.1 Å². The standard InChI is InChI=1S/C27H26N4O3/c1-17(16-31-26(32)21-10-6-7-11-22(21)27(31)33)14-20-15-18-12-13-28-25(34-2)23(18)24(30-20)29-19-8-4-3-5-9-19/h4,6-13,15,17H,3,5,14,16H2,1-2H3,(H,29,30). The van der Waals surface area contributed by atoms with Crippen LogP contribution in [0.25, 0.3) is 10.8 Å². The number of imide groups is 1. The number of aromatic nitrogens is 2. The highest BCUT2D eigenvalue weighted by Gasteiger charge is 2.35. The average Bonchev–Trinajstić information content (AvgIpc) is 3.09. The first-order valence-electron chi connectivity index (χ1n) is 11.5. The van der Waals surface area contributed by atoms with Crippen molar-refractivity contribution in [2.24, 2.45) is 5.92 Å². The van der Waals surface area contributed by atoms with Gasteiger partial charge in [0.1, 0.15) is 5.82 Å². The molecule has 1 unspecified atom stereocenters. The summed E-state index contributed by atoms with van der Waals surface area (Å²) in [6.45, 7) is 2.37. The third-order valence-electron chi connectivity index (χ3n) is 6.14. The van der Waals surface area contributed by atoms with Crippen molar-refractivity contribution in [3.8, 4) is 5.88 Å². The lowest BCUT2D eigenvalue weighted by molar-refractivity contribution is 0.0632. The Hall–Kier alpha value is -4.00. The van der Waals surface area contributed by atoms with Gasteiger partial charge in [0.25, 0.3) is 11.8 Å². The highest BCUT2D eigenvalue weighted by Crippen LogP contribution is 2.32. The summed E-state index contributed by atoms with van der Waals surface area (Å²) in [5, 5.41) is 5.22. The maximum atomic E-state index is 12.8. The van der Waals surface area contributed by atoms with Gasteiger partial charge in [0.15, 0.2) is 0 Å². The number of nitrogens with zero attached hydrogens (tertiary/aromatic N) is 3. The van der Waals surface area contributed by atoms with Gasteiger partial charge >= 0.3 is 0 Å². The Labute approximate surface area is 198 Å². The fourth-order valence-electron chi connectivity index (χ4n) is 4.56. The minimum atomic E-state index is -0.229. The van der Waals surface area contributed by atoms with Crippen LogP contribution in [0, 0.1) is 5.92 Å². The molecule has 1 aliphatic carbocycles. The Balaban J connectivity index is 1.41. The van der Waals surface area contributed by atoms with Gasteiger partial charge in [-0.1, -0.05) is 31.2 Å². The lowest BCUT2D eigenvalue weighted by Crippen LogP contribution is -2.34. The summed E-state index contributed by atoms with van der Waals surface area (Å²) >= 11 is 0. The van der Waals surface area contributed by atoms with Gasteiger partial charge in [0.05, 0.1) is 23.6 Å². The summed E-state index contributed by atoms with van der Waals surface area (Å²) in [5.41, 5.74) is 2.81. The molecule has 1 aromatic carbocycles. The molecule has 7 heteroatoms. The van der Waals surface area contributed by atoms with Gasteiger partial charge in [0.2, 0.25) is 5.88 Å². The van der Waals surface area contributed by atoms with E-state index in [1.165, 1.54) is 4.90 Å². The van der Waals surface area contributed by atoms with Crippen LogP contribution in [0.1, 0.15) is 46.2 Å². The van der Waals surface area contributed by atoms with Crippen molar-refractivity contribution in [1.82, 2.24) is 14.9 Å². The lowest BCUT2D eigenvalue weighted by atomic mass is 10.0. The molecule has 7 nitrogen and oxygen atoms in total. The molecular weight excluding hydrogens is 428 g/mol. The second-order valence-electron chi connectivity index (χ2n) is 8.72. The predicted octanol–water partition coefficient (Wildman–Crippen LogP) is 4.76. The van der Waals surface area contributed by atoms with Gasteiger partial charge in [-0.05, 0) is 60.9 Å². The van der Waals surface area contributed by atoms with E-state index in [1.54, 1.807) is 37.6 Å². The Morgan fingerprint density at radius 2 is 1.88 bits per heavy atom. The number of methoxy groups -OCH3 is 1. The number of rotatable bonds is 7. The fourth-order valence-corrected chi connectivity index (χ4v) is 4.56. The quantitative estimate of drug-likeness (QED) is 0.518. The first-order valence-corrected chi connectivity index (χ1v) is 11.5. The van der Waals surface area contributed by atoms with E-state index in [-0.39, 0.29) is 17.7 Å². The molecule has 0 saturated heterocycles. The summed E-state index contributed by atoms with van der Waals surface area (Å²) in [4.78, 5) is 36.1. The van der Waals surface area contributed by atoms with Crippen LogP contribution in [0.5, 0.6) is 5.88 Å². The van der Waals surface area contributed by atoms with Crippen LogP contribution in [0.15, 0.2) is 66.5 Å². The van der Waals surface area contributed by atoms with Gasteiger partial charge in [-0.15, -0.1) is 0 Å². The van der Waals surface area contributed by atoms with E-state index in [0.29, 0.717) is 35.8 Å². The van der Waals surface area contributed by atoms with Crippen LogP contribution in [0.2, 0.25) is 0 Å². The zero-order valence-electron chi connectivity index (χ0n) is 19.2. The molecule has 2 aliphatic rings. The molecule has 0 saturated carbocycles. The van der Waals surface area contributed by atoms with Crippen molar-refractivity contribution in [2.45, 2.75) is 26.2 Å². The molecule has 5 rings (SSSR count). The Kier molecular flexibility index (Phi) is 5.84. The number of carbonyl (C=O) groups is 2. The zero-order valence-corrected chi connectivity index (χ0v) is 19.2. The lowest BCUT2D eigenvalue weighted by Gasteiger charge is -2.20. The molecule has 2 amide bonds. The fraction of sp³-hybridized carbons (Fsp3) is 0.259. The van der Waals surface area contributed by atoms with Crippen LogP contribution in [0.3, 0.4) is 0 Å². The molecular formula is C27H26N4O3. The average molecular weight is 455 g/mol. The van der Waals surface area contributed by atoms with Crippen LogP contribution in [-0.2, 0) is 6.42 Å². The van der Waals surface area contributed by atoms with Gasteiger partial charge in [-0.2, -0.15) is 0 Å². The van der Waals surface area contributed by atoms with Crippen LogP contribution in [0.4, 0.5) is 5.82 Å². The summed E-state index contributed by atoms with van der Waals surface area (Å²) in [6.07, 6.45) is 10.7. The van der Waals surface area contributed by atoms with E-state index < -0.39 is 0 Å². The molecule has 1 aliphatic heterocycles. The second-order valence-corrected chi connectivity index (χ2v) is 8.72. The topological polar surface area (TPSA) is 84.4 Å². The molecule has 3 heterocycles. The molecule has 3 aromatic rings. The molecule has 1 atom stereocenters. The number of ether oxygens (including phenoxy) is 1. The van der Waals surface area contributed by atoms with Crippen LogP contribution >= 0.6 is 0 Å². The first-order chi connectivity index (χ1) is 16.5.